The summed E-state index contributed by atoms with van der Waals surface area (Å²) >= 11 is 0. The molecule has 0 spiro atoms. The second-order valence-electron chi connectivity index (χ2n) is 3.45. The van der Waals surface area contributed by atoms with Crippen molar-refractivity contribution in [2.24, 2.45) is 5.41 Å². The molecule has 0 rings (SSSR count). The third-order valence-corrected chi connectivity index (χ3v) is 2.57. The van der Waals surface area contributed by atoms with Gasteiger partial charge in [0, 0.05) is 25.3 Å². The first kappa shape index (κ1) is 14.5. The minimum atomic E-state index is -1.47. The summed E-state index contributed by atoms with van der Waals surface area (Å²) in [4.78, 5) is 0. The molecular weight excluding hydrogens is 202 g/mol. The summed E-state index contributed by atoms with van der Waals surface area (Å²) in [6.07, 6.45) is -1.25. The normalized spacial score (nSPS) is 13.9. The molecule has 6 N–H and O–H groups in total. The molecule has 0 amide bonds. The maximum absolute atomic E-state index is 9.65. The minimum absolute atomic E-state index is 0.0242. The van der Waals surface area contributed by atoms with Gasteiger partial charge in [-0.3, -0.25) is 0 Å². The van der Waals surface area contributed by atoms with Crippen LogP contribution in [0.2, 0.25) is 0 Å². The van der Waals surface area contributed by atoms with Crippen molar-refractivity contribution in [3.8, 4) is 0 Å². The lowest BCUT2D eigenvalue weighted by molar-refractivity contribution is -0.0197. The first-order chi connectivity index (χ1) is 7.08. The topological polar surface area (TPSA) is 125 Å². The van der Waals surface area contributed by atoms with E-state index in [1.54, 1.807) is 0 Å². The predicted molar refractivity (Wildman–Crippen MR) is 53.7 cm³/mol. The molecule has 1 atom stereocenters. The lowest BCUT2D eigenvalue weighted by atomic mass is 9.76. The Labute approximate surface area is 88.3 Å². The fourth-order valence-corrected chi connectivity index (χ4v) is 1.41. The smallest absolute Gasteiger partial charge is 0.0801 e. The van der Waals surface area contributed by atoms with Crippen LogP contribution in [0.1, 0.15) is 12.8 Å². The van der Waals surface area contributed by atoms with Gasteiger partial charge in [0.25, 0.3) is 0 Å². The van der Waals surface area contributed by atoms with Crippen LogP contribution < -0.4 is 0 Å². The first-order valence-corrected chi connectivity index (χ1v) is 4.78. The Balaban J connectivity index is 4.77. The molecule has 0 aromatic carbocycles. The number of aliphatic hydroxyl groups is 5. The van der Waals surface area contributed by atoms with Gasteiger partial charge < -0.3 is 30.9 Å². The van der Waals surface area contributed by atoms with Gasteiger partial charge in [0.15, 0.2) is 0 Å². The van der Waals surface area contributed by atoms with Crippen LogP contribution in [-0.4, -0.2) is 63.8 Å². The molecule has 0 bridgehead atoms. The third kappa shape index (κ3) is 3.22. The molecule has 0 heterocycles. The molecule has 1 unspecified atom stereocenters. The van der Waals surface area contributed by atoms with Gasteiger partial charge in [0.2, 0.25) is 0 Å². The molecule has 0 radical (unpaired) electrons. The van der Waals surface area contributed by atoms with E-state index in [2.05, 4.69) is 0 Å². The highest BCUT2D eigenvalue weighted by Gasteiger charge is 2.40. The largest absolute Gasteiger partial charge is 0.396 e. The molecule has 0 aromatic rings. The maximum atomic E-state index is 9.65. The molecular formula is C9H19NO5. The number of hydrogen-bond donors (Lipinski definition) is 6. The van der Waals surface area contributed by atoms with Crippen LogP contribution in [-0.2, 0) is 0 Å². The van der Waals surface area contributed by atoms with Gasteiger partial charge in [-0.1, -0.05) is 0 Å². The highest BCUT2D eigenvalue weighted by molar-refractivity contribution is 5.88. The van der Waals surface area contributed by atoms with Crippen molar-refractivity contribution in [1.82, 2.24) is 0 Å². The number of rotatable bonds is 8. The van der Waals surface area contributed by atoms with Crippen LogP contribution in [0.15, 0.2) is 0 Å². The molecule has 6 nitrogen and oxygen atoms in total. The molecule has 0 aromatic heterocycles. The Morgan fingerprint density at radius 3 is 1.93 bits per heavy atom. The maximum Gasteiger partial charge on any atom is 0.0801 e. The van der Waals surface area contributed by atoms with Gasteiger partial charge in [-0.25, -0.2) is 0 Å². The lowest BCUT2D eigenvalue weighted by Gasteiger charge is -2.35. The Morgan fingerprint density at radius 2 is 1.60 bits per heavy atom. The van der Waals surface area contributed by atoms with Crippen molar-refractivity contribution in [2.75, 3.05) is 26.4 Å². The van der Waals surface area contributed by atoms with E-state index in [1.165, 1.54) is 0 Å². The van der Waals surface area contributed by atoms with E-state index in [0.29, 0.717) is 0 Å². The van der Waals surface area contributed by atoms with Crippen molar-refractivity contribution in [1.29, 1.82) is 5.41 Å². The Hall–Kier alpha value is -0.530. The van der Waals surface area contributed by atoms with Crippen LogP contribution in [0.5, 0.6) is 0 Å². The molecule has 0 saturated heterocycles. The van der Waals surface area contributed by atoms with E-state index >= 15 is 0 Å². The molecule has 15 heavy (non-hydrogen) atoms. The molecule has 0 fully saturated rings. The van der Waals surface area contributed by atoms with Crippen molar-refractivity contribution >= 4 is 5.71 Å². The van der Waals surface area contributed by atoms with Crippen molar-refractivity contribution in [3.63, 3.8) is 0 Å². The van der Waals surface area contributed by atoms with E-state index in [0.717, 1.165) is 0 Å². The van der Waals surface area contributed by atoms with Gasteiger partial charge in [-0.2, -0.15) is 0 Å². The van der Waals surface area contributed by atoms with E-state index < -0.39 is 24.7 Å². The highest BCUT2D eigenvalue weighted by atomic mass is 16.3. The summed E-state index contributed by atoms with van der Waals surface area (Å²) in [6.45, 7) is -1.77. The van der Waals surface area contributed by atoms with Crippen molar-refractivity contribution < 1.29 is 25.5 Å². The molecule has 90 valence electrons. The zero-order valence-corrected chi connectivity index (χ0v) is 8.56. The van der Waals surface area contributed by atoms with E-state index in [-0.39, 0.29) is 31.8 Å². The summed E-state index contributed by atoms with van der Waals surface area (Å²) in [6, 6.07) is 0. The fourth-order valence-electron chi connectivity index (χ4n) is 1.41. The van der Waals surface area contributed by atoms with Crippen LogP contribution in [0, 0.1) is 10.8 Å². The molecule has 6 heteroatoms. The highest BCUT2D eigenvalue weighted by Crippen LogP contribution is 2.26. The zero-order valence-electron chi connectivity index (χ0n) is 8.56. The number of nitrogens with one attached hydrogen (secondary N) is 1. The second kappa shape index (κ2) is 6.86. The van der Waals surface area contributed by atoms with Crippen molar-refractivity contribution in [2.45, 2.75) is 18.9 Å². The monoisotopic (exact) mass is 221 g/mol. The molecule has 0 aliphatic carbocycles. The number of aliphatic hydroxyl groups excluding tert-OH is 5. The van der Waals surface area contributed by atoms with Gasteiger partial charge in [-0.05, 0) is 6.42 Å². The van der Waals surface area contributed by atoms with Gasteiger partial charge >= 0.3 is 0 Å². The Morgan fingerprint density at radius 1 is 1.07 bits per heavy atom. The van der Waals surface area contributed by atoms with Crippen LogP contribution in [0.3, 0.4) is 0 Å². The molecule has 0 aliphatic rings. The van der Waals surface area contributed by atoms with E-state index in [4.69, 9.17) is 25.8 Å². The van der Waals surface area contributed by atoms with E-state index in [9.17, 15) is 5.11 Å². The second-order valence-corrected chi connectivity index (χ2v) is 3.45. The quantitative estimate of drug-likeness (QED) is 0.267. The minimum Gasteiger partial charge on any atom is -0.396 e. The standard InChI is InChI=1S/C9H19NO5/c10-7(1-3-11)9(5-13,6-14)8(15)2-4-12/h8,10-15H,1-6H2. The van der Waals surface area contributed by atoms with Gasteiger partial charge in [0.1, 0.15) is 0 Å². The van der Waals surface area contributed by atoms with Gasteiger partial charge in [0.05, 0.1) is 24.7 Å². The summed E-state index contributed by atoms with van der Waals surface area (Å²) in [5, 5.41) is 52.9. The Kier molecular flexibility index (Phi) is 6.62. The molecule has 0 saturated carbocycles. The average Bonchev–Trinajstić information content (AvgIpc) is 2.21. The zero-order chi connectivity index (χ0) is 11.9. The van der Waals surface area contributed by atoms with Crippen molar-refractivity contribution in [3.05, 3.63) is 0 Å². The lowest BCUT2D eigenvalue weighted by Crippen LogP contribution is -2.49. The van der Waals surface area contributed by atoms with Crippen LogP contribution in [0.4, 0.5) is 0 Å². The summed E-state index contributed by atoms with van der Waals surface area (Å²) < 4.78 is 0. The summed E-state index contributed by atoms with van der Waals surface area (Å²) in [5.41, 5.74) is -1.58. The van der Waals surface area contributed by atoms with Gasteiger partial charge in [-0.15, -0.1) is 0 Å². The third-order valence-electron chi connectivity index (χ3n) is 2.57. The number of hydrogen-bond acceptors (Lipinski definition) is 6. The summed E-state index contributed by atoms with van der Waals surface area (Å²) in [7, 11) is 0. The van der Waals surface area contributed by atoms with Crippen LogP contribution >= 0.6 is 0 Å². The molecule has 0 aliphatic heterocycles. The SMILES string of the molecule is N=C(CCO)C(CO)(CO)C(O)CCO. The first-order valence-electron chi connectivity index (χ1n) is 4.78. The Bertz CT molecular complexity index is 193. The summed E-state index contributed by atoms with van der Waals surface area (Å²) in [5.74, 6) is 0. The average molecular weight is 221 g/mol. The fraction of sp³-hybridized carbons (Fsp3) is 0.889. The van der Waals surface area contributed by atoms with Crippen LogP contribution in [0.25, 0.3) is 0 Å². The van der Waals surface area contributed by atoms with E-state index in [1.807, 2.05) is 0 Å². The predicted octanol–water partition coefficient (Wildman–Crippen LogP) is -1.90.